The van der Waals surface area contributed by atoms with E-state index in [2.05, 4.69) is 4.98 Å². The van der Waals surface area contributed by atoms with Gasteiger partial charge in [0.15, 0.2) is 0 Å². The molecular weight excluding hydrogens is 405 g/mol. The molecule has 1 aliphatic carbocycles. The summed E-state index contributed by atoms with van der Waals surface area (Å²) in [5, 5.41) is 9.98. The first-order valence-electron chi connectivity index (χ1n) is 10.6. The van der Waals surface area contributed by atoms with Crippen LogP contribution in [0.1, 0.15) is 37.2 Å². The SMILES string of the molecule is O=C(C1CC(c2c(-c3ccc(F)cc3)[nH]c3c(F)cc(F)cc23)C1)N1CCC[C@H]1CO. The van der Waals surface area contributed by atoms with E-state index < -0.39 is 11.6 Å². The van der Waals surface area contributed by atoms with E-state index in [9.17, 15) is 23.1 Å². The van der Waals surface area contributed by atoms with Crippen LogP contribution in [0.3, 0.4) is 0 Å². The number of fused-ring (bicyclic) bond motifs is 1. The number of aromatic amines is 1. The lowest BCUT2D eigenvalue weighted by atomic mass is 9.69. The van der Waals surface area contributed by atoms with Gasteiger partial charge in [0.1, 0.15) is 17.5 Å². The molecule has 0 unspecified atom stereocenters. The molecule has 0 radical (unpaired) electrons. The molecule has 0 bridgehead atoms. The monoisotopic (exact) mass is 428 g/mol. The molecule has 4 nitrogen and oxygen atoms in total. The van der Waals surface area contributed by atoms with Crippen LogP contribution in [0.25, 0.3) is 22.2 Å². The molecule has 3 aromatic rings. The standard InChI is InChI=1S/C24H23F3N2O2/c25-16-5-3-13(4-6-16)22-21(19-10-17(26)11-20(27)23(19)28-22)14-8-15(9-14)24(31)29-7-1-2-18(29)12-30/h3-6,10-11,14-15,18,28,30H,1-2,7-9,12H2/t14?,15?,18-/m0/s1. The number of hydrogen-bond donors (Lipinski definition) is 2. The van der Waals surface area contributed by atoms with Crippen molar-refractivity contribution in [1.82, 2.24) is 9.88 Å². The Morgan fingerprint density at radius 3 is 2.55 bits per heavy atom. The summed E-state index contributed by atoms with van der Waals surface area (Å²) in [7, 11) is 0. The highest BCUT2D eigenvalue weighted by molar-refractivity contribution is 5.92. The van der Waals surface area contributed by atoms with Crippen LogP contribution in [0, 0.1) is 23.4 Å². The van der Waals surface area contributed by atoms with Gasteiger partial charge in [-0.2, -0.15) is 0 Å². The van der Waals surface area contributed by atoms with E-state index in [1.807, 2.05) is 0 Å². The van der Waals surface area contributed by atoms with Crippen LogP contribution in [-0.2, 0) is 4.79 Å². The Hall–Kier alpha value is -2.80. The number of nitrogens with zero attached hydrogens (tertiary/aromatic N) is 1. The van der Waals surface area contributed by atoms with E-state index in [0.29, 0.717) is 36.0 Å². The van der Waals surface area contributed by atoms with E-state index in [4.69, 9.17) is 0 Å². The molecular formula is C24H23F3N2O2. The second-order valence-electron chi connectivity index (χ2n) is 8.61. The summed E-state index contributed by atoms with van der Waals surface area (Å²) in [6.45, 7) is 0.632. The summed E-state index contributed by atoms with van der Waals surface area (Å²) in [5.74, 6) is -1.88. The number of carbonyl (C=O) groups excluding carboxylic acids is 1. The number of benzene rings is 2. The molecule has 1 atom stereocenters. The number of nitrogens with one attached hydrogen (secondary N) is 1. The van der Waals surface area contributed by atoms with Crippen LogP contribution >= 0.6 is 0 Å². The molecule has 0 spiro atoms. The largest absolute Gasteiger partial charge is 0.394 e. The van der Waals surface area contributed by atoms with Crippen molar-refractivity contribution < 1.29 is 23.1 Å². The van der Waals surface area contributed by atoms with Gasteiger partial charge in [0.25, 0.3) is 0 Å². The summed E-state index contributed by atoms with van der Waals surface area (Å²) in [6, 6.07) is 7.91. The zero-order chi connectivity index (χ0) is 21.7. The molecule has 2 N–H and O–H groups in total. The maximum absolute atomic E-state index is 14.5. The number of aliphatic hydroxyl groups is 1. The molecule has 7 heteroatoms. The topological polar surface area (TPSA) is 56.3 Å². The Kier molecular flexibility index (Phi) is 5.01. The highest BCUT2D eigenvalue weighted by Crippen LogP contribution is 2.49. The van der Waals surface area contributed by atoms with Gasteiger partial charge >= 0.3 is 0 Å². The normalized spacial score (nSPS) is 23.4. The molecule has 1 saturated carbocycles. The molecule has 1 saturated heterocycles. The maximum atomic E-state index is 14.5. The molecule has 2 aliphatic rings. The molecule has 2 fully saturated rings. The Morgan fingerprint density at radius 1 is 1.10 bits per heavy atom. The van der Waals surface area contributed by atoms with Crippen molar-refractivity contribution in [1.29, 1.82) is 0 Å². The lowest BCUT2D eigenvalue weighted by molar-refractivity contribution is -0.140. The van der Waals surface area contributed by atoms with Crippen molar-refractivity contribution in [3.05, 3.63) is 59.4 Å². The first kappa shape index (κ1) is 20.1. The first-order valence-corrected chi connectivity index (χ1v) is 10.6. The number of hydrogen-bond acceptors (Lipinski definition) is 2. The predicted molar refractivity (Wildman–Crippen MR) is 111 cm³/mol. The third kappa shape index (κ3) is 3.41. The molecule has 5 rings (SSSR count). The molecule has 1 aromatic heterocycles. The van der Waals surface area contributed by atoms with Gasteiger partial charge in [-0.05, 0) is 73.1 Å². The molecule has 2 heterocycles. The van der Waals surface area contributed by atoms with E-state index in [1.54, 1.807) is 17.0 Å². The third-order valence-electron chi connectivity index (χ3n) is 6.76. The van der Waals surface area contributed by atoms with Crippen molar-refractivity contribution in [2.45, 2.75) is 37.6 Å². The van der Waals surface area contributed by atoms with Gasteiger partial charge in [0.05, 0.1) is 23.9 Å². The minimum atomic E-state index is -0.681. The molecule has 1 aliphatic heterocycles. The van der Waals surface area contributed by atoms with E-state index in [-0.39, 0.29) is 41.7 Å². The Bertz CT molecular complexity index is 1140. The predicted octanol–water partition coefficient (Wildman–Crippen LogP) is 4.73. The van der Waals surface area contributed by atoms with Gasteiger partial charge in [0.2, 0.25) is 5.91 Å². The summed E-state index contributed by atoms with van der Waals surface area (Å²) in [5.41, 5.74) is 2.29. The molecule has 31 heavy (non-hydrogen) atoms. The minimum absolute atomic E-state index is 0.0302. The third-order valence-corrected chi connectivity index (χ3v) is 6.76. The zero-order valence-corrected chi connectivity index (χ0v) is 16.9. The average molecular weight is 428 g/mol. The van der Waals surface area contributed by atoms with Crippen LogP contribution in [-0.4, -0.2) is 40.1 Å². The van der Waals surface area contributed by atoms with Gasteiger partial charge in [0, 0.05) is 23.9 Å². The second-order valence-corrected chi connectivity index (χ2v) is 8.61. The highest BCUT2D eigenvalue weighted by Gasteiger charge is 2.42. The number of halogens is 3. The fraction of sp³-hybridized carbons (Fsp3) is 0.375. The molecule has 162 valence electrons. The van der Waals surface area contributed by atoms with Gasteiger partial charge < -0.3 is 15.0 Å². The van der Waals surface area contributed by atoms with E-state index >= 15 is 0 Å². The Balaban J connectivity index is 1.49. The van der Waals surface area contributed by atoms with Crippen LogP contribution < -0.4 is 0 Å². The number of aromatic nitrogens is 1. The van der Waals surface area contributed by atoms with Gasteiger partial charge in [-0.15, -0.1) is 0 Å². The Morgan fingerprint density at radius 2 is 1.84 bits per heavy atom. The fourth-order valence-corrected chi connectivity index (χ4v) is 5.11. The number of likely N-dealkylation sites (tertiary alicyclic amines) is 1. The lowest BCUT2D eigenvalue weighted by Crippen LogP contribution is -2.44. The van der Waals surface area contributed by atoms with Crippen molar-refractivity contribution in [3.63, 3.8) is 0 Å². The van der Waals surface area contributed by atoms with Gasteiger partial charge in [-0.25, -0.2) is 13.2 Å². The van der Waals surface area contributed by atoms with Gasteiger partial charge in [-0.1, -0.05) is 0 Å². The average Bonchev–Trinajstić information content (AvgIpc) is 3.33. The maximum Gasteiger partial charge on any atom is 0.226 e. The lowest BCUT2D eigenvalue weighted by Gasteiger charge is -2.38. The highest BCUT2D eigenvalue weighted by atomic mass is 19.1. The minimum Gasteiger partial charge on any atom is -0.394 e. The van der Waals surface area contributed by atoms with Crippen LogP contribution in [0.15, 0.2) is 36.4 Å². The second kappa shape index (κ2) is 7.71. The number of carbonyl (C=O) groups is 1. The van der Waals surface area contributed by atoms with Crippen molar-refractivity contribution >= 4 is 16.8 Å². The molecule has 2 aromatic carbocycles. The first-order chi connectivity index (χ1) is 15.0. The number of amides is 1. The van der Waals surface area contributed by atoms with Crippen molar-refractivity contribution in [2.75, 3.05) is 13.2 Å². The quantitative estimate of drug-likeness (QED) is 0.631. The van der Waals surface area contributed by atoms with E-state index in [1.165, 1.54) is 18.2 Å². The van der Waals surface area contributed by atoms with Crippen LogP contribution in [0.2, 0.25) is 0 Å². The fourth-order valence-electron chi connectivity index (χ4n) is 5.11. The summed E-state index contributed by atoms with van der Waals surface area (Å²) < 4.78 is 41.9. The summed E-state index contributed by atoms with van der Waals surface area (Å²) >= 11 is 0. The smallest absolute Gasteiger partial charge is 0.226 e. The summed E-state index contributed by atoms with van der Waals surface area (Å²) in [4.78, 5) is 17.8. The van der Waals surface area contributed by atoms with Crippen molar-refractivity contribution in [2.24, 2.45) is 5.92 Å². The number of H-pyrrole nitrogens is 1. The van der Waals surface area contributed by atoms with Crippen LogP contribution in [0.4, 0.5) is 13.2 Å². The van der Waals surface area contributed by atoms with Gasteiger partial charge in [-0.3, -0.25) is 4.79 Å². The van der Waals surface area contributed by atoms with Crippen molar-refractivity contribution in [3.8, 4) is 11.3 Å². The number of rotatable bonds is 4. The summed E-state index contributed by atoms with van der Waals surface area (Å²) in [6.07, 6.45) is 2.86. The number of aliphatic hydroxyl groups excluding tert-OH is 1. The molecule has 1 amide bonds. The van der Waals surface area contributed by atoms with E-state index in [0.717, 1.165) is 24.5 Å². The van der Waals surface area contributed by atoms with Crippen LogP contribution in [0.5, 0.6) is 0 Å². The Labute approximate surface area is 177 Å². The zero-order valence-electron chi connectivity index (χ0n) is 16.9.